The lowest BCUT2D eigenvalue weighted by Gasteiger charge is -2.18. The smallest absolute Gasteiger partial charge is 0.114 e. The molecule has 2 aromatic heterocycles. The highest BCUT2D eigenvalue weighted by molar-refractivity contribution is 5.57. The highest BCUT2D eigenvalue weighted by Crippen LogP contribution is 2.25. The highest BCUT2D eigenvalue weighted by Gasteiger charge is 2.15. The second-order valence-electron chi connectivity index (χ2n) is 4.99. The van der Waals surface area contributed by atoms with Crippen molar-refractivity contribution in [2.24, 2.45) is 7.05 Å². The summed E-state index contributed by atoms with van der Waals surface area (Å²) in [6.45, 7) is 6.51. The van der Waals surface area contributed by atoms with Crippen molar-refractivity contribution in [1.29, 1.82) is 0 Å². The van der Waals surface area contributed by atoms with Crippen molar-refractivity contribution >= 4 is 0 Å². The standard InChI is InChI=1S/C12H16N4/c1-12(2,3)10-5-9(6-13-7-10)11-8-16(4)15-14-11/h5-8H,1-4H3. The van der Waals surface area contributed by atoms with Crippen molar-refractivity contribution in [2.75, 3.05) is 0 Å². The third-order valence-electron chi connectivity index (χ3n) is 2.50. The summed E-state index contributed by atoms with van der Waals surface area (Å²) in [7, 11) is 1.86. The maximum atomic E-state index is 4.26. The third-order valence-corrected chi connectivity index (χ3v) is 2.50. The number of hydrogen-bond acceptors (Lipinski definition) is 3. The van der Waals surface area contributed by atoms with E-state index in [4.69, 9.17) is 0 Å². The summed E-state index contributed by atoms with van der Waals surface area (Å²) >= 11 is 0. The molecule has 0 aliphatic rings. The summed E-state index contributed by atoms with van der Waals surface area (Å²) in [6.07, 6.45) is 5.61. The Balaban J connectivity index is 2.44. The van der Waals surface area contributed by atoms with Gasteiger partial charge in [0.1, 0.15) is 5.69 Å². The van der Waals surface area contributed by atoms with Gasteiger partial charge in [-0.2, -0.15) is 0 Å². The molecule has 0 radical (unpaired) electrons. The lowest BCUT2D eigenvalue weighted by molar-refractivity contribution is 0.587. The molecule has 0 aliphatic heterocycles. The van der Waals surface area contributed by atoms with Gasteiger partial charge in [0.2, 0.25) is 0 Å². The average molecular weight is 216 g/mol. The molecule has 0 saturated carbocycles. The van der Waals surface area contributed by atoms with E-state index in [1.54, 1.807) is 4.68 Å². The fourth-order valence-electron chi connectivity index (χ4n) is 1.47. The molecule has 4 heteroatoms. The van der Waals surface area contributed by atoms with Gasteiger partial charge in [0.25, 0.3) is 0 Å². The maximum absolute atomic E-state index is 4.26. The van der Waals surface area contributed by atoms with Crippen molar-refractivity contribution in [1.82, 2.24) is 20.0 Å². The van der Waals surface area contributed by atoms with E-state index in [0.717, 1.165) is 11.3 Å². The SMILES string of the molecule is Cn1cc(-c2cncc(C(C)(C)C)c2)nn1. The zero-order chi connectivity index (χ0) is 11.8. The molecule has 0 aliphatic carbocycles. The number of rotatable bonds is 1. The number of aromatic nitrogens is 4. The molecule has 2 rings (SSSR count). The molecule has 0 bridgehead atoms. The first-order valence-electron chi connectivity index (χ1n) is 5.29. The third kappa shape index (κ3) is 2.10. The van der Waals surface area contributed by atoms with Crippen molar-refractivity contribution in [3.63, 3.8) is 0 Å². The average Bonchev–Trinajstić information content (AvgIpc) is 2.64. The normalized spacial score (nSPS) is 11.8. The molecule has 0 saturated heterocycles. The van der Waals surface area contributed by atoms with Crippen molar-refractivity contribution in [2.45, 2.75) is 26.2 Å². The molecule has 0 fully saturated rings. The van der Waals surface area contributed by atoms with E-state index in [0.29, 0.717) is 0 Å². The molecule has 4 nitrogen and oxygen atoms in total. The van der Waals surface area contributed by atoms with Crippen LogP contribution in [-0.2, 0) is 12.5 Å². The van der Waals surface area contributed by atoms with Gasteiger partial charge in [0.15, 0.2) is 0 Å². The van der Waals surface area contributed by atoms with Crippen LogP contribution in [0.2, 0.25) is 0 Å². The van der Waals surface area contributed by atoms with Gasteiger partial charge in [0, 0.05) is 25.0 Å². The van der Waals surface area contributed by atoms with Crippen LogP contribution in [0.1, 0.15) is 26.3 Å². The second-order valence-corrected chi connectivity index (χ2v) is 4.99. The Morgan fingerprint density at radius 3 is 2.50 bits per heavy atom. The maximum Gasteiger partial charge on any atom is 0.114 e. The number of pyridine rings is 1. The molecule has 0 amide bonds. The van der Waals surface area contributed by atoms with Gasteiger partial charge in [-0.15, -0.1) is 5.10 Å². The number of aryl methyl sites for hydroxylation is 1. The van der Waals surface area contributed by atoms with Crippen molar-refractivity contribution < 1.29 is 0 Å². The van der Waals surface area contributed by atoms with E-state index in [1.165, 1.54) is 5.56 Å². The summed E-state index contributed by atoms with van der Waals surface area (Å²) in [5.74, 6) is 0. The summed E-state index contributed by atoms with van der Waals surface area (Å²) < 4.78 is 1.69. The molecule has 0 spiro atoms. The van der Waals surface area contributed by atoms with E-state index < -0.39 is 0 Å². The molecule has 84 valence electrons. The Morgan fingerprint density at radius 2 is 1.94 bits per heavy atom. The molecular weight excluding hydrogens is 200 g/mol. The molecular formula is C12H16N4. The van der Waals surface area contributed by atoms with Gasteiger partial charge in [-0.1, -0.05) is 26.0 Å². The molecule has 0 unspecified atom stereocenters. The topological polar surface area (TPSA) is 43.6 Å². The number of nitrogens with zero attached hydrogens (tertiary/aromatic N) is 4. The van der Waals surface area contributed by atoms with E-state index >= 15 is 0 Å². The van der Waals surface area contributed by atoms with Crippen molar-refractivity contribution in [3.05, 3.63) is 30.2 Å². The van der Waals surface area contributed by atoms with Crippen LogP contribution in [0, 0.1) is 0 Å². The Hall–Kier alpha value is -1.71. The lowest BCUT2D eigenvalue weighted by Crippen LogP contribution is -2.11. The zero-order valence-corrected chi connectivity index (χ0v) is 10.1. The summed E-state index contributed by atoms with van der Waals surface area (Å²) in [5.41, 5.74) is 3.18. The Morgan fingerprint density at radius 1 is 1.19 bits per heavy atom. The van der Waals surface area contributed by atoms with Crippen LogP contribution in [-0.4, -0.2) is 20.0 Å². The molecule has 0 atom stereocenters. The van der Waals surface area contributed by atoms with E-state index in [1.807, 2.05) is 25.6 Å². The van der Waals surface area contributed by atoms with Crippen LogP contribution in [0.15, 0.2) is 24.7 Å². The minimum absolute atomic E-state index is 0.102. The van der Waals surface area contributed by atoms with Crippen LogP contribution in [0.4, 0.5) is 0 Å². The van der Waals surface area contributed by atoms with Crippen LogP contribution in [0.3, 0.4) is 0 Å². The fourth-order valence-corrected chi connectivity index (χ4v) is 1.47. The summed E-state index contributed by atoms with van der Waals surface area (Å²) in [4.78, 5) is 4.26. The number of hydrogen-bond donors (Lipinski definition) is 0. The van der Waals surface area contributed by atoms with Gasteiger partial charge in [-0.05, 0) is 17.0 Å². The molecule has 0 aromatic carbocycles. The zero-order valence-electron chi connectivity index (χ0n) is 10.1. The van der Waals surface area contributed by atoms with Crippen LogP contribution >= 0.6 is 0 Å². The Bertz CT molecular complexity index is 494. The molecule has 2 heterocycles. The molecule has 2 aromatic rings. The predicted molar refractivity (Wildman–Crippen MR) is 62.9 cm³/mol. The van der Waals surface area contributed by atoms with Gasteiger partial charge in [0.05, 0.1) is 6.20 Å². The van der Waals surface area contributed by atoms with Gasteiger partial charge < -0.3 is 0 Å². The monoisotopic (exact) mass is 216 g/mol. The van der Waals surface area contributed by atoms with E-state index in [9.17, 15) is 0 Å². The van der Waals surface area contributed by atoms with E-state index in [2.05, 4.69) is 42.1 Å². The van der Waals surface area contributed by atoms with Gasteiger partial charge >= 0.3 is 0 Å². The second kappa shape index (κ2) is 3.70. The van der Waals surface area contributed by atoms with Gasteiger partial charge in [-0.25, -0.2) is 0 Å². The van der Waals surface area contributed by atoms with Crippen LogP contribution in [0.5, 0.6) is 0 Å². The quantitative estimate of drug-likeness (QED) is 0.733. The first-order chi connectivity index (χ1) is 7.47. The van der Waals surface area contributed by atoms with Crippen LogP contribution in [0.25, 0.3) is 11.3 Å². The highest BCUT2D eigenvalue weighted by atomic mass is 15.4. The minimum atomic E-state index is 0.102. The first-order valence-corrected chi connectivity index (χ1v) is 5.29. The first kappa shape index (κ1) is 10.8. The molecule has 0 N–H and O–H groups in total. The van der Waals surface area contributed by atoms with Gasteiger partial charge in [-0.3, -0.25) is 9.67 Å². The van der Waals surface area contributed by atoms with E-state index in [-0.39, 0.29) is 5.41 Å². The largest absolute Gasteiger partial charge is 0.264 e. The fraction of sp³-hybridized carbons (Fsp3) is 0.417. The Labute approximate surface area is 95.3 Å². The summed E-state index contributed by atoms with van der Waals surface area (Å²) in [5, 5.41) is 8.01. The lowest BCUT2D eigenvalue weighted by atomic mass is 9.87. The van der Waals surface area contributed by atoms with Crippen molar-refractivity contribution in [3.8, 4) is 11.3 Å². The predicted octanol–water partition coefficient (Wildman–Crippen LogP) is 2.17. The van der Waals surface area contributed by atoms with Crippen LogP contribution < -0.4 is 0 Å². The molecule has 16 heavy (non-hydrogen) atoms. The minimum Gasteiger partial charge on any atom is -0.264 e. The Kier molecular flexibility index (Phi) is 2.50. The summed E-state index contributed by atoms with van der Waals surface area (Å²) in [6, 6.07) is 2.12.